The monoisotopic (exact) mass is 114 g/mol. The molecule has 0 fully saturated rings. The number of aliphatic hydroxyl groups is 1. The Balaban J connectivity index is 2.79. The summed E-state index contributed by atoms with van der Waals surface area (Å²) in [4.78, 5) is 0. The van der Waals surface area contributed by atoms with Gasteiger partial charge in [-0.3, -0.25) is 0 Å². The summed E-state index contributed by atoms with van der Waals surface area (Å²) in [6, 6.07) is 0. The number of methoxy groups -OCH3 is 1. The molecule has 46 valence electrons. The molecular formula is C6H10O2. The highest BCUT2D eigenvalue weighted by molar-refractivity contribution is 4.88. The summed E-state index contributed by atoms with van der Waals surface area (Å²) in [5.74, 6) is 2.51. The molecular weight excluding hydrogens is 104 g/mol. The van der Waals surface area contributed by atoms with Gasteiger partial charge >= 0.3 is 0 Å². The molecule has 0 aromatic rings. The molecule has 0 aliphatic heterocycles. The van der Waals surface area contributed by atoms with Crippen molar-refractivity contribution in [2.24, 2.45) is 0 Å². The zero-order valence-corrected chi connectivity index (χ0v) is 4.98. The van der Waals surface area contributed by atoms with E-state index in [-0.39, 0.29) is 0 Å². The molecule has 0 aliphatic carbocycles. The lowest BCUT2D eigenvalue weighted by Crippen LogP contribution is -1.85. The topological polar surface area (TPSA) is 29.5 Å². The van der Waals surface area contributed by atoms with Gasteiger partial charge in [-0.15, -0.1) is 0 Å². The second-order valence-electron chi connectivity index (χ2n) is 1.38. The van der Waals surface area contributed by atoms with Crippen LogP contribution in [0, 0.1) is 12.0 Å². The Labute approximate surface area is 49.5 Å². The normalized spacial score (nSPS) is 7.62. The van der Waals surface area contributed by atoms with Crippen molar-refractivity contribution in [2.75, 3.05) is 13.7 Å². The molecule has 0 amide bonds. The van der Waals surface area contributed by atoms with Gasteiger partial charge in [0.1, 0.15) is 6.11 Å². The highest BCUT2D eigenvalue weighted by Crippen LogP contribution is 1.84. The summed E-state index contributed by atoms with van der Waals surface area (Å²) in [6.45, 7) is 0.717. The van der Waals surface area contributed by atoms with Crippen LogP contribution in [0.1, 0.15) is 12.8 Å². The van der Waals surface area contributed by atoms with Crippen LogP contribution < -0.4 is 0 Å². The van der Waals surface area contributed by atoms with Gasteiger partial charge in [0.2, 0.25) is 0 Å². The van der Waals surface area contributed by atoms with Crippen molar-refractivity contribution in [3.8, 4) is 12.0 Å². The molecule has 0 heterocycles. The van der Waals surface area contributed by atoms with E-state index in [1.165, 1.54) is 0 Å². The van der Waals surface area contributed by atoms with Gasteiger partial charge in [-0.05, 0) is 6.42 Å². The van der Waals surface area contributed by atoms with Crippen molar-refractivity contribution in [1.29, 1.82) is 0 Å². The van der Waals surface area contributed by atoms with Gasteiger partial charge in [0.15, 0.2) is 0 Å². The van der Waals surface area contributed by atoms with E-state index in [2.05, 4.69) is 5.92 Å². The van der Waals surface area contributed by atoms with Crippen molar-refractivity contribution in [2.45, 2.75) is 12.8 Å². The molecule has 1 N–H and O–H groups in total. The van der Waals surface area contributed by atoms with Crippen molar-refractivity contribution in [1.82, 2.24) is 0 Å². The van der Waals surface area contributed by atoms with Gasteiger partial charge in [-0.25, -0.2) is 0 Å². The molecule has 8 heavy (non-hydrogen) atoms. The third kappa shape index (κ3) is 5.32. The van der Waals surface area contributed by atoms with Crippen molar-refractivity contribution in [3.63, 3.8) is 0 Å². The highest BCUT2D eigenvalue weighted by Gasteiger charge is 1.78. The fraction of sp³-hybridized carbons (Fsp3) is 0.667. The predicted octanol–water partition coefficient (Wildman–Crippen LogP) is 0.746. The lowest BCUT2D eigenvalue weighted by atomic mass is 10.3. The summed E-state index contributed by atoms with van der Waals surface area (Å²) < 4.78 is 4.74. The minimum Gasteiger partial charge on any atom is -0.462 e. The van der Waals surface area contributed by atoms with E-state index in [0.29, 0.717) is 13.0 Å². The summed E-state index contributed by atoms with van der Waals surface area (Å²) in [5, 5.41) is 7.96. The van der Waals surface area contributed by atoms with Crippen LogP contribution in [0.3, 0.4) is 0 Å². The number of hydrogen-bond donors (Lipinski definition) is 1. The highest BCUT2D eigenvalue weighted by atomic mass is 16.5. The zero-order valence-electron chi connectivity index (χ0n) is 4.98. The third-order valence-corrected chi connectivity index (χ3v) is 0.729. The van der Waals surface area contributed by atoms with E-state index in [1.54, 1.807) is 7.11 Å². The standard InChI is InChI=1S/C6H10O2/c1-8-6-4-2-3-5-7/h7H,2,4,6H2,1H3. The number of hydrogen-bond acceptors (Lipinski definition) is 2. The Morgan fingerprint density at radius 3 is 2.88 bits per heavy atom. The lowest BCUT2D eigenvalue weighted by Gasteiger charge is -1.89. The van der Waals surface area contributed by atoms with Gasteiger partial charge < -0.3 is 9.84 Å². The molecule has 0 aromatic carbocycles. The maximum Gasteiger partial charge on any atom is 0.107 e. The summed E-state index contributed by atoms with van der Waals surface area (Å²) in [5.41, 5.74) is 0. The van der Waals surface area contributed by atoms with Crippen LogP contribution in [-0.4, -0.2) is 18.8 Å². The molecule has 0 radical (unpaired) electrons. The van der Waals surface area contributed by atoms with Crippen LogP contribution in [0.4, 0.5) is 0 Å². The first-order chi connectivity index (χ1) is 3.91. The van der Waals surface area contributed by atoms with Crippen LogP contribution in [0.2, 0.25) is 0 Å². The first-order valence-electron chi connectivity index (χ1n) is 2.52. The van der Waals surface area contributed by atoms with E-state index >= 15 is 0 Å². The number of rotatable bonds is 3. The quantitative estimate of drug-likeness (QED) is 0.433. The molecule has 0 rings (SSSR count). The van der Waals surface area contributed by atoms with E-state index in [4.69, 9.17) is 9.84 Å². The number of unbranched alkanes of at least 4 members (excludes halogenated alkanes) is 1. The fourth-order valence-electron chi connectivity index (χ4n) is 0.361. The van der Waals surface area contributed by atoms with Gasteiger partial charge in [0.25, 0.3) is 0 Å². The molecule has 0 atom stereocenters. The molecule has 0 saturated carbocycles. The maximum atomic E-state index is 7.96. The van der Waals surface area contributed by atoms with Gasteiger partial charge in [0.05, 0.1) is 0 Å². The largest absolute Gasteiger partial charge is 0.462 e. The van der Waals surface area contributed by atoms with E-state index in [9.17, 15) is 0 Å². The van der Waals surface area contributed by atoms with Crippen LogP contribution in [0.25, 0.3) is 0 Å². The minimum absolute atomic E-state index is 0.713. The van der Waals surface area contributed by atoms with Crippen molar-refractivity contribution >= 4 is 0 Å². The predicted molar refractivity (Wildman–Crippen MR) is 30.8 cm³/mol. The van der Waals surface area contributed by atoms with Crippen LogP contribution in [0.15, 0.2) is 0 Å². The summed E-state index contributed by atoms with van der Waals surface area (Å²) in [6.07, 6.45) is 3.43. The molecule has 0 unspecified atom stereocenters. The SMILES string of the molecule is COCCCC#CO. The Bertz CT molecular complexity index is 88.4. The Hall–Kier alpha value is -0.680. The number of ether oxygens (including phenoxy) is 1. The van der Waals surface area contributed by atoms with Crippen molar-refractivity contribution < 1.29 is 9.84 Å². The molecule has 0 saturated heterocycles. The smallest absolute Gasteiger partial charge is 0.107 e. The zero-order chi connectivity index (χ0) is 6.24. The molecule has 0 bridgehead atoms. The first kappa shape index (κ1) is 7.32. The molecule has 0 aliphatic rings. The maximum absolute atomic E-state index is 7.96. The Kier molecular flexibility index (Phi) is 5.78. The van der Waals surface area contributed by atoms with Crippen LogP contribution >= 0.6 is 0 Å². The molecule has 0 aromatic heterocycles. The first-order valence-corrected chi connectivity index (χ1v) is 2.52. The second kappa shape index (κ2) is 6.32. The summed E-state index contributed by atoms with van der Waals surface area (Å²) >= 11 is 0. The fourth-order valence-corrected chi connectivity index (χ4v) is 0.361. The lowest BCUT2D eigenvalue weighted by molar-refractivity contribution is 0.196. The molecule has 2 heteroatoms. The number of aliphatic hydroxyl groups excluding tert-OH is 1. The van der Waals surface area contributed by atoms with E-state index < -0.39 is 0 Å². The molecule has 2 nitrogen and oxygen atoms in total. The van der Waals surface area contributed by atoms with Crippen LogP contribution in [-0.2, 0) is 4.74 Å². The van der Waals surface area contributed by atoms with Gasteiger partial charge in [-0.2, -0.15) is 0 Å². The van der Waals surface area contributed by atoms with Gasteiger partial charge in [0, 0.05) is 20.1 Å². The average molecular weight is 114 g/mol. The Morgan fingerprint density at radius 2 is 2.38 bits per heavy atom. The van der Waals surface area contributed by atoms with Crippen molar-refractivity contribution in [3.05, 3.63) is 0 Å². The third-order valence-electron chi connectivity index (χ3n) is 0.729. The Morgan fingerprint density at radius 1 is 1.62 bits per heavy atom. The van der Waals surface area contributed by atoms with Gasteiger partial charge in [-0.1, -0.05) is 5.92 Å². The van der Waals surface area contributed by atoms with Crippen LogP contribution in [0.5, 0.6) is 0 Å². The average Bonchev–Trinajstić information content (AvgIpc) is 1.81. The molecule has 0 spiro atoms. The minimum atomic E-state index is 0.713. The summed E-state index contributed by atoms with van der Waals surface area (Å²) in [7, 11) is 1.65. The second-order valence-corrected chi connectivity index (χ2v) is 1.38. The van der Waals surface area contributed by atoms with E-state index in [0.717, 1.165) is 6.42 Å². The van der Waals surface area contributed by atoms with E-state index in [1.807, 2.05) is 6.11 Å².